The predicted octanol–water partition coefficient (Wildman–Crippen LogP) is 3.32. The van der Waals surface area contributed by atoms with Crippen molar-refractivity contribution in [3.8, 4) is 23.3 Å². The lowest BCUT2D eigenvalue weighted by Crippen LogP contribution is -1.96. The van der Waals surface area contributed by atoms with E-state index in [0.717, 1.165) is 11.1 Å². The van der Waals surface area contributed by atoms with E-state index in [1.807, 2.05) is 24.3 Å². The highest BCUT2D eigenvalue weighted by Crippen LogP contribution is 2.23. The minimum atomic E-state index is -0.192. The van der Waals surface area contributed by atoms with Gasteiger partial charge >= 0.3 is 0 Å². The molecule has 2 aromatic carbocycles. The van der Waals surface area contributed by atoms with Crippen LogP contribution in [0, 0.1) is 22.7 Å². The first-order valence-corrected chi connectivity index (χ1v) is 5.76. The molecule has 0 radical (unpaired) electrons. The number of nitrogens with zero attached hydrogens (tertiary/aromatic N) is 2. The van der Waals surface area contributed by atoms with Gasteiger partial charge in [-0.15, -0.1) is 0 Å². The number of benzene rings is 2. The molecule has 0 fully saturated rings. The van der Waals surface area contributed by atoms with Crippen molar-refractivity contribution >= 4 is 5.78 Å². The maximum Gasteiger partial charge on any atom is 0.176 e. The predicted molar refractivity (Wildman–Crippen MR) is 71.2 cm³/mol. The van der Waals surface area contributed by atoms with Crippen LogP contribution in [0.5, 0.6) is 0 Å². The number of nitriles is 2. The van der Waals surface area contributed by atoms with Crippen LogP contribution in [0.25, 0.3) is 11.1 Å². The second-order valence-electron chi connectivity index (χ2n) is 3.99. The van der Waals surface area contributed by atoms with Crippen molar-refractivity contribution < 1.29 is 4.79 Å². The van der Waals surface area contributed by atoms with E-state index in [1.165, 1.54) is 0 Å². The SMILES string of the molecule is N#CCC(=O)c1ccc(-c2ccccc2C#N)cc1. The van der Waals surface area contributed by atoms with Crippen LogP contribution in [0.3, 0.4) is 0 Å². The lowest BCUT2D eigenvalue weighted by Gasteiger charge is -2.04. The maximum atomic E-state index is 11.5. The molecule has 0 amide bonds. The topological polar surface area (TPSA) is 64.7 Å². The fourth-order valence-electron chi connectivity index (χ4n) is 1.84. The third-order valence-electron chi connectivity index (χ3n) is 2.81. The Hall–Kier alpha value is -2.91. The number of carbonyl (C=O) groups is 1. The highest BCUT2D eigenvalue weighted by atomic mass is 16.1. The van der Waals surface area contributed by atoms with Gasteiger partial charge in [0.05, 0.1) is 24.1 Å². The fourth-order valence-corrected chi connectivity index (χ4v) is 1.84. The monoisotopic (exact) mass is 246 g/mol. The molecule has 0 aliphatic rings. The van der Waals surface area contributed by atoms with Crippen LogP contribution in [-0.4, -0.2) is 5.78 Å². The Labute approximate surface area is 111 Å². The van der Waals surface area contributed by atoms with Crippen molar-refractivity contribution in [3.05, 3.63) is 59.7 Å². The number of hydrogen-bond acceptors (Lipinski definition) is 3. The van der Waals surface area contributed by atoms with Crippen LogP contribution in [0.15, 0.2) is 48.5 Å². The summed E-state index contributed by atoms with van der Waals surface area (Å²) in [4.78, 5) is 11.5. The summed E-state index contributed by atoms with van der Waals surface area (Å²) in [5.74, 6) is -0.192. The Morgan fingerprint density at radius 3 is 2.32 bits per heavy atom. The molecule has 0 spiro atoms. The van der Waals surface area contributed by atoms with E-state index in [9.17, 15) is 4.79 Å². The Kier molecular flexibility index (Phi) is 3.71. The second-order valence-corrected chi connectivity index (χ2v) is 3.99. The first kappa shape index (κ1) is 12.5. The Bertz CT molecular complexity index is 688. The molecule has 0 aliphatic heterocycles. The van der Waals surface area contributed by atoms with Crippen molar-refractivity contribution in [2.75, 3.05) is 0 Å². The van der Waals surface area contributed by atoms with Crippen LogP contribution in [0.1, 0.15) is 22.3 Å². The molecule has 0 saturated heterocycles. The van der Waals surface area contributed by atoms with Crippen LogP contribution < -0.4 is 0 Å². The van der Waals surface area contributed by atoms with Gasteiger partial charge in [0.15, 0.2) is 5.78 Å². The summed E-state index contributed by atoms with van der Waals surface area (Å²) in [6, 6.07) is 18.2. The first-order valence-electron chi connectivity index (χ1n) is 5.76. The molecule has 19 heavy (non-hydrogen) atoms. The van der Waals surface area contributed by atoms with Gasteiger partial charge in [-0.1, -0.05) is 42.5 Å². The average Bonchev–Trinajstić information content (AvgIpc) is 2.47. The molecular weight excluding hydrogens is 236 g/mol. The lowest BCUT2D eigenvalue weighted by atomic mass is 9.98. The zero-order valence-corrected chi connectivity index (χ0v) is 10.1. The number of Topliss-reactive ketones (excluding diaryl/α,β-unsaturated/α-hetero) is 1. The van der Waals surface area contributed by atoms with E-state index >= 15 is 0 Å². The van der Waals surface area contributed by atoms with Crippen LogP contribution >= 0.6 is 0 Å². The molecule has 0 N–H and O–H groups in total. The van der Waals surface area contributed by atoms with Gasteiger partial charge in [0.25, 0.3) is 0 Å². The maximum absolute atomic E-state index is 11.5. The van der Waals surface area contributed by atoms with Gasteiger partial charge in [-0.05, 0) is 17.2 Å². The van der Waals surface area contributed by atoms with Crippen molar-refractivity contribution in [2.45, 2.75) is 6.42 Å². The van der Waals surface area contributed by atoms with Gasteiger partial charge in [-0.3, -0.25) is 4.79 Å². The van der Waals surface area contributed by atoms with Gasteiger partial charge in [0, 0.05) is 5.56 Å². The molecule has 3 heteroatoms. The molecule has 90 valence electrons. The summed E-state index contributed by atoms with van der Waals surface area (Å²) in [6.07, 6.45) is -0.117. The quantitative estimate of drug-likeness (QED) is 0.780. The van der Waals surface area contributed by atoms with Gasteiger partial charge in [-0.2, -0.15) is 10.5 Å². The molecular formula is C16H10N2O. The Morgan fingerprint density at radius 2 is 1.68 bits per heavy atom. The summed E-state index contributed by atoms with van der Waals surface area (Å²) >= 11 is 0. The van der Waals surface area contributed by atoms with Crippen molar-refractivity contribution in [3.63, 3.8) is 0 Å². The van der Waals surface area contributed by atoms with E-state index in [-0.39, 0.29) is 12.2 Å². The highest BCUT2D eigenvalue weighted by Gasteiger charge is 2.07. The van der Waals surface area contributed by atoms with E-state index < -0.39 is 0 Å². The fraction of sp³-hybridized carbons (Fsp3) is 0.0625. The zero-order chi connectivity index (χ0) is 13.7. The minimum Gasteiger partial charge on any atom is -0.293 e. The molecule has 0 aliphatic carbocycles. The van der Waals surface area contributed by atoms with Crippen LogP contribution in [-0.2, 0) is 0 Å². The largest absolute Gasteiger partial charge is 0.293 e. The molecule has 0 saturated carbocycles. The summed E-state index contributed by atoms with van der Waals surface area (Å²) < 4.78 is 0. The minimum absolute atomic E-state index is 0.117. The highest BCUT2D eigenvalue weighted by molar-refractivity contribution is 5.97. The van der Waals surface area contributed by atoms with Crippen molar-refractivity contribution in [1.82, 2.24) is 0 Å². The molecule has 0 bridgehead atoms. The third-order valence-corrected chi connectivity index (χ3v) is 2.81. The molecule has 0 heterocycles. The number of ketones is 1. The molecule has 3 nitrogen and oxygen atoms in total. The summed E-state index contributed by atoms with van der Waals surface area (Å²) in [6.45, 7) is 0. The lowest BCUT2D eigenvalue weighted by molar-refractivity contribution is 0.0998. The van der Waals surface area contributed by atoms with Crippen molar-refractivity contribution in [1.29, 1.82) is 10.5 Å². The number of rotatable bonds is 3. The molecule has 0 atom stereocenters. The summed E-state index contributed by atoms with van der Waals surface area (Å²) in [7, 11) is 0. The molecule has 0 aromatic heterocycles. The Morgan fingerprint density at radius 1 is 1.00 bits per heavy atom. The van der Waals surface area contributed by atoms with E-state index in [4.69, 9.17) is 10.5 Å². The smallest absolute Gasteiger partial charge is 0.176 e. The second kappa shape index (κ2) is 5.62. The van der Waals surface area contributed by atoms with Gasteiger partial charge in [0.2, 0.25) is 0 Å². The number of hydrogen-bond donors (Lipinski definition) is 0. The Balaban J connectivity index is 2.36. The standard InChI is InChI=1S/C16H10N2O/c17-10-9-16(19)13-7-5-12(6-8-13)15-4-2-1-3-14(15)11-18/h1-8H,9H2. The van der Waals surface area contributed by atoms with E-state index in [0.29, 0.717) is 11.1 Å². The third kappa shape index (κ3) is 2.68. The summed E-state index contributed by atoms with van der Waals surface area (Å²) in [5, 5.41) is 17.5. The zero-order valence-electron chi connectivity index (χ0n) is 10.1. The van der Waals surface area contributed by atoms with Gasteiger partial charge in [0.1, 0.15) is 0 Å². The van der Waals surface area contributed by atoms with E-state index in [2.05, 4.69) is 6.07 Å². The normalized spacial score (nSPS) is 9.37. The molecule has 0 unspecified atom stereocenters. The number of carbonyl (C=O) groups excluding carboxylic acids is 1. The molecule has 2 rings (SSSR count). The van der Waals surface area contributed by atoms with Crippen LogP contribution in [0.4, 0.5) is 0 Å². The van der Waals surface area contributed by atoms with E-state index in [1.54, 1.807) is 30.3 Å². The van der Waals surface area contributed by atoms with Gasteiger partial charge in [-0.25, -0.2) is 0 Å². The summed E-state index contributed by atoms with van der Waals surface area (Å²) in [5.41, 5.74) is 2.83. The van der Waals surface area contributed by atoms with Gasteiger partial charge < -0.3 is 0 Å². The van der Waals surface area contributed by atoms with Crippen LogP contribution in [0.2, 0.25) is 0 Å². The first-order chi connectivity index (χ1) is 9.26. The van der Waals surface area contributed by atoms with Crippen molar-refractivity contribution in [2.24, 2.45) is 0 Å². The average molecular weight is 246 g/mol. The molecule has 2 aromatic rings.